The average molecular weight is 450 g/mol. The van der Waals surface area contributed by atoms with Gasteiger partial charge in [0.05, 0.1) is 25.1 Å². The number of carbonyl (C=O) groups is 2. The maximum absolute atomic E-state index is 12.4. The van der Waals surface area contributed by atoms with Crippen molar-refractivity contribution in [2.75, 3.05) is 26.3 Å². The van der Waals surface area contributed by atoms with Gasteiger partial charge in [-0.1, -0.05) is 42.5 Å². The summed E-state index contributed by atoms with van der Waals surface area (Å²) in [6.07, 6.45) is 1.33. The van der Waals surface area contributed by atoms with Gasteiger partial charge in [0, 0.05) is 26.2 Å². The first-order valence-electron chi connectivity index (χ1n) is 10.7. The van der Waals surface area contributed by atoms with Gasteiger partial charge in [-0.05, 0) is 23.3 Å². The van der Waals surface area contributed by atoms with Gasteiger partial charge in [0.15, 0.2) is 11.4 Å². The Hall–Kier alpha value is -3.89. The predicted octanol–water partition coefficient (Wildman–Crippen LogP) is 1.55. The number of urea groups is 1. The van der Waals surface area contributed by atoms with Gasteiger partial charge in [0.2, 0.25) is 0 Å². The Labute approximate surface area is 191 Å². The lowest BCUT2D eigenvalue weighted by atomic mass is 10.1. The molecule has 2 heterocycles. The normalized spacial score (nSPS) is 13.9. The second-order valence-corrected chi connectivity index (χ2v) is 7.56. The van der Waals surface area contributed by atoms with Gasteiger partial charge < -0.3 is 15.2 Å². The SMILES string of the molecule is O=C(NCc1ccccc1CN1CCOCC1)NNC(=O)c1nn(-c2ccccc2)cc1O. The molecule has 1 aromatic heterocycles. The summed E-state index contributed by atoms with van der Waals surface area (Å²) >= 11 is 0. The fourth-order valence-electron chi connectivity index (χ4n) is 3.52. The van der Waals surface area contributed by atoms with Crippen LogP contribution in [-0.4, -0.2) is 58.0 Å². The number of hydrogen-bond donors (Lipinski definition) is 4. The van der Waals surface area contributed by atoms with E-state index in [0.717, 1.165) is 44.0 Å². The van der Waals surface area contributed by atoms with Crippen LogP contribution in [0.3, 0.4) is 0 Å². The Balaban J connectivity index is 1.29. The van der Waals surface area contributed by atoms with Crippen LogP contribution in [0.2, 0.25) is 0 Å². The molecule has 4 rings (SSSR count). The number of carbonyl (C=O) groups excluding carboxylic acids is 2. The van der Waals surface area contributed by atoms with E-state index in [2.05, 4.69) is 26.2 Å². The van der Waals surface area contributed by atoms with Gasteiger partial charge in [-0.3, -0.25) is 15.1 Å². The number of amides is 3. The molecule has 0 spiro atoms. The van der Waals surface area contributed by atoms with Crippen LogP contribution in [0.5, 0.6) is 5.75 Å². The molecule has 1 aliphatic heterocycles. The van der Waals surface area contributed by atoms with Crippen molar-refractivity contribution in [3.05, 3.63) is 77.6 Å². The van der Waals surface area contributed by atoms with Crippen LogP contribution in [0.15, 0.2) is 60.8 Å². The molecule has 33 heavy (non-hydrogen) atoms. The first-order chi connectivity index (χ1) is 16.1. The molecular weight excluding hydrogens is 424 g/mol. The number of benzene rings is 2. The minimum atomic E-state index is -0.731. The third kappa shape index (κ3) is 5.88. The van der Waals surface area contributed by atoms with Gasteiger partial charge in [0.25, 0.3) is 5.91 Å². The molecule has 172 valence electrons. The highest BCUT2D eigenvalue weighted by Gasteiger charge is 2.18. The molecule has 3 aromatic rings. The highest BCUT2D eigenvalue weighted by atomic mass is 16.5. The molecule has 0 saturated carbocycles. The number of rotatable bonds is 6. The van der Waals surface area contributed by atoms with Crippen LogP contribution >= 0.6 is 0 Å². The molecule has 4 N–H and O–H groups in total. The minimum Gasteiger partial charge on any atom is -0.504 e. The average Bonchev–Trinajstić information content (AvgIpc) is 3.25. The Kier molecular flexibility index (Phi) is 7.18. The molecule has 10 nitrogen and oxygen atoms in total. The molecule has 0 bridgehead atoms. The van der Waals surface area contributed by atoms with Crippen LogP contribution < -0.4 is 16.2 Å². The Morgan fingerprint density at radius 3 is 2.42 bits per heavy atom. The summed E-state index contributed by atoms with van der Waals surface area (Å²) < 4.78 is 6.78. The van der Waals surface area contributed by atoms with Crippen molar-refractivity contribution in [1.82, 2.24) is 30.8 Å². The van der Waals surface area contributed by atoms with E-state index < -0.39 is 11.9 Å². The van der Waals surface area contributed by atoms with Crippen LogP contribution in [0, 0.1) is 0 Å². The number of hydrazine groups is 1. The lowest BCUT2D eigenvalue weighted by Crippen LogP contribution is -2.47. The molecule has 1 aliphatic rings. The second-order valence-electron chi connectivity index (χ2n) is 7.56. The van der Waals surface area contributed by atoms with E-state index >= 15 is 0 Å². The van der Waals surface area contributed by atoms with Crippen molar-refractivity contribution in [3.8, 4) is 11.4 Å². The Morgan fingerprint density at radius 1 is 0.970 bits per heavy atom. The van der Waals surface area contributed by atoms with E-state index in [1.54, 1.807) is 12.1 Å². The number of nitrogens with one attached hydrogen (secondary N) is 3. The van der Waals surface area contributed by atoms with Crippen molar-refractivity contribution in [3.63, 3.8) is 0 Å². The molecule has 3 amide bonds. The smallest absolute Gasteiger partial charge is 0.333 e. The van der Waals surface area contributed by atoms with E-state index in [1.807, 2.05) is 42.5 Å². The van der Waals surface area contributed by atoms with Gasteiger partial charge >= 0.3 is 6.03 Å². The topological polar surface area (TPSA) is 121 Å². The van der Waals surface area contributed by atoms with Gasteiger partial charge in [0.1, 0.15) is 0 Å². The number of aromatic nitrogens is 2. The van der Waals surface area contributed by atoms with Crippen LogP contribution in [0.4, 0.5) is 4.79 Å². The third-order valence-electron chi connectivity index (χ3n) is 5.28. The summed E-state index contributed by atoms with van der Waals surface area (Å²) in [5, 5.41) is 16.9. The lowest BCUT2D eigenvalue weighted by molar-refractivity contribution is 0.0340. The van der Waals surface area contributed by atoms with E-state index in [9.17, 15) is 14.7 Å². The summed E-state index contributed by atoms with van der Waals surface area (Å²) in [5.74, 6) is -1.03. The first kappa shape index (κ1) is 22.3. The maximum atomic E-state index is 12.4. The summed E-state index contributed by atoms with van der Waals surface area (Å²) in [6, 6.07) is 16.4. The fraction of sp³-hybridized carbons (Fsp3) is 0.261. The zero-order valence-electron chi connectivity index (χ0n) is 18.0. The van der Waals surface area contributed by atoms with Crippen LogP contribution in [-0.2, 0) is 17.8 Å². The van der Waals surface area contributed by atoms with Crippen molar-refractivity contribution < 1.29 is 19.4 Å². The monoisotopic (exact) mass is 450 g/mol. The standard InChI is InChI=1S/C23H26N6O4/c30-20-16-29(19-8-2-1-3-9-19)27-21(20)22(31)25-26-23(32)24-14-17-6-4-5-7-18(17)15-28-10-12-33-13-11-28/h1-9,16,30H,10-15H2,(H,25,31)(H2,24,26,32). The van der Waals surface area contributed by atoms with E-state index in [4.69, 9.17) is 4.74 Å². The largest absolute Gasteiger partial charge is 0.504 e. The lowest BCUT2D eigenvalue weighted by Gasteiger charge is -2.27. The summed E-state index contributed by atoms with van der Waals surface area (Å²) in [7, 11) is 0. The molecule has 1 fully saturated rings. The van der Waals surface area contributed by atoms with E-state index in [1.165, 1.54) is 10.9 Å². The molecule has 10 heteroatoms. The predicted molar refractivity (Wildman–Crippen MR) is 121 cm³/mol. The summed E-state index contributed by atoms with van der Waals surface area (Å²) in [5.41, 5.74) is 7.16. The summed E-state index contributed by atoms with van der Waals surface area (Å²) in [4.78, 5) is 26.9. The van der Waals surface area contributed by atoms with Crippen molar-refractivity contribution in [2.45, 2.75) is 13.1 Å². The highest BCUT2D eigenvalue weighted by Crippen LogP contribution is 2.17. The van der Waals surface area contributed by atoms with Crippen molar-refractivity contribution in [2.24, 2.45) is 0 Å². The molecule has 0 radical (unpaired) electrons. The third-order valence-corrected chi connectivity index (χ3v) is 5.28. The van der Waals surface area contributed by atoms with E-state index in [-0.39, 0.29) is 11.4 Å². The molecular formula is C23H26N6O4. The molecule has 0 aliphatic carbocycles. The van der Waals surface area contributed by atoms with Gasteiger partial charge in [-0.2, -0.15) is 5.10 Å². The summed E-state index contributed by atoms with van der Waals surface area (Å²) in [6.45, 7) is 4.28. The molecule has 0 unspecified atom stereocenters. The quantitative estimate of drug-likeness (QED) is 0.423. The number of ether oxygens (including phenoxy) is 1. The van der Waals surface area contributed by atoms with Crippen LogP contribution in [0.1, 0.15) is 21.6 Å². The number of hydrogen-bond acceptors (Lipinski definition) is 6. The number of aromatic hydroxyl groups is 1. The Morgan fingerprint density at radius 2 is 1.67 bits per heavy atom. The highest BCUT2D eigenvalue weighted by molar-refractivity contribution is 5.95. The van der Waals surface area contributed by atoms with Gasteiger partial charge in [-0.25, -0.2) is 14.9 Å². The molecule has 2 aromatic carbocycles. The minimum absolute atomic E-state index is 0.199. The van der Waals surface area contributed by atoms with E-state index in [0.29, 0.717) is 12.2 Å². The van der Waals surface area contributed by atoms with Gasteiger partial charge in [-0.15, -0.1) is 0 Å². The molecule has 0 atom stereocenters. The zero-order valence-corrected chi connectivity index (χ0v) is 18.0. The Bertz CT molecular complexity index is 1100. The van der Waals surface area contributed by atoms with Crippen molar-refractivity contribution in [1.29, 1.82) is 0 Å². The van der Waals surface area contributed by atoms with Crippen molar-refractivity contribution >= 4 is 11.9 Å². The fourth-order valence-corrected chi connectivity index (χ4v) is 3.52. The second kappa shape index (κ2) is 10.6. The molecule has 1 saturated heterocycles. The zero-order chi connectivity index (χ0) is 23.0. The maximum Gasteiger partial charge on any atom is 0.333 e. The number of morpholine rings is 1. The number of para-hydroxylation sites is 1. The van der Waals surface area contributed by atoms with Crippen LogP contribution in [0.25, 0.3) is 5.69 Å². The number of nitrogens with zero attached hydrogens (tertiary/aromatic N) is 3. The first-order valence-corrected chi connectivity index (χ1v) is 10.7.